The second-order valence-electron chi connectivity index (χ2n) is 8.24. The molecule has 0 aliphatic carbocycles. The highest BCUT2D eigenvalue weighted by Crippen LogP contribution is 2.29. The largest absolute Gasteiger partial charge is 0.455 e. The number of ether oxygens (including phenoxy) is 1. The number of para-hydroxylation sites is 2. The normalized spacial score (nSPS) is 16.0. The molecule has 6 heteroatoms. The highest BCUT2D eigenvalue weighted by Gasteiger charge is 2.37. The van der Waals surface area contributed by atoms with Crippen molar-refractivity contribution in [1.29, 1.82) is 0 Å². The fourth-order valence-electron chi connectivity index (χ4n) is 3.94. The van der Waals surface area contributed by atoms with Crippen LogP contribution in [0.2, 0.25) is 0 Å². The van der Waals surface area contributed by atoms with E-state index < -0.39 is 11.9 Å². The molecular weight excluding hydrogens is 392 g/mol. The maximum atomic E-state index is 12.5. The number of aryl methyl sites for hydroxylation is 2. The van der Waals surface area contributed by atoms with Gasteiger partial charge < -0.3 is 15.0 Å². The molecule has 0 bridgehead atoms. The van der Waals surface area contributed by atoms with E-state index >= 15 is 0 Å². The van der Waals surface area contributed by atoms with Gasteiger partial charge in [0, 0.05) is 24.3 Å². The Labute approximate surface area is 183 Å². The first-order valence-corrected chi connectivity index (χ1v) is 10.8. The number of hydrogen-bond acceptors (Lipinski definition) is 4. The number of nitrogens with zero attached hydrogens (tertiary/aromatic N) is 1. The van der Waals surface area contributed by atoms with Gasteiger partial charge in [-0.15, -0.1) is 0 Å². The van der Waals surface area contributed by atoms with Gasteiger partial charge in [0.15, 0.2) is 6.61 Å². The van der Waals surface area contributed by atoms with Gasteiger partial charge in [0.1, 0.15) is 0 Å². The van der Waals surface area contributed by atoms with Crippen LogP contribution in [-0.2, 0) is 25.5 Å². The van der Waals surface area contributed by atoms with Crippen LogP contribution in [0.25, 0.3) is 0 Å². The number of carbonyl (C=O) groups excluding carboxylic acids is 3. The van der Waals surface area contributed by atoms with Crippen molar-refractivity contribution < 1.29 is 19.1 Å². The first kappa shape index (κ1) is 22.5. The van der Waals surface area contributed by atoms with Crippen molar-refractivity contribution in [3.8, 4) is 0 Å². The number of benzene rings is 2. The molecule has 2 aromatic carbocycles. The summed E-state index contributed by atoms with van der Waals surface area (Å²) in [4.78, 5) is 39.1. The number of carbonyl (C=O) groups is 3. The lowest BCUT2D eigenvalue weighted by atomic mass is 9.98. The Balaban J connectivity index is 1.59. The maximum absolute atomic E-state index is 12.5. The van der Waals surface area contributed by atoms with Crippen molar-refractivity contribution in [3.05, 3.63) is 59.2 Å². The average Bonchev–Trinajstić information content (AvgIpc) is 3.14. The van der Waals surface area contributed by atoms with E-state index in [1.165, 1.54) is 0 Å². The first-order chi connectivity index (χ1) is 14.8. The smallest absolute Gasteiger partial charge is 0.311 e. The van der Waals surface area contributed by atoms with Crippen LogP contribution in [0, 0.1) is 12.8 Å². The molecule has 164 valence electrons. The molecule has 1 fully saturated rings. The van der Waals surface area contributed by atoms with E-state index in [4.69, 9.17) is 4.74 Å². The molecule has 2 aromatic rings. The molecule has 0 saturated carbocycles. The Kier molecular flexibility index (Phi) is 7.10. The van der Waals surface area contributed by atoms with Crippen LogP contribution in [0.5, 0.6) is 0 Å². The van der Waals surface area contributed by atoms with E-state index in [-0.39, 0.29) is 37.3 Å². The first-order valence-electron chi connectivity index (χ1n) is 10.8. The van der Waals surface area contributed by atoms with Crippen LogP contribution in [0.3, 0.4) is 0 Å². The van der Waals surface area contributed by atoms with Gasteiger partial charge in [0.25, 0.3) is 5.91 Å². The summed E-state index contributed by atoms with van der Waals surface area (Å²) in [6.07, 6.45) is 0.889. The second-order valence-corrected chi connectivity index (χ2v) is 8.24. The lowest BCUT2D eigenvalue weighted by molar-refractivity contribution is -0.151. The van der Waals surface area contributed by atoms with E-state index in [0.29, 0.717) is 0 Å². The highest BCUT2D eigenvalue weighted by molar-refractivity contribution is 6.00. The van der Waals surface area contributed by atoms with Crippen molar-refractivity contribution in [2.75, 3.05) is 23.4 Å². The third-order valence-electron chi connectivity index (χ3n) is 5.66. The Morgan fingerprint density at radius 3 is 2.61 bits per heavy atom. The van der Waals surface area contributed by atoms with Gasteiger partial charge in [-0.2, -0.15) is 0 Å². The minimum absolute atomic E-state index is 0.0911. The van der Waals surface area contributed by atoms with E-state index in [1.54, 1.807) is 4.90 Å². The number of amides is 2. The van der Waals surface area contributed by atoms with Crippen LogP contribution in [0.4, 0.5) is 11.4 Å². The van der Waals surface area contributed by atoms with Gasteiger partial charge >= 0.3 is 5.97 Å². The molecule has 1 aliphatic rings. The van der Waals surface area contributed by atoms with Crippen molar-refractivity contribution >= 4 is 29.2 Å². The number of hydrogen-bond donors (Lipinski definition) is 1. The molecule has 2 amide bonds. The number of rotatable bonds is 7. The molecule has 1 N–H and O–H groups in total. The fourth-order valence-corrected chi connectivity index (χ4v) is 3.94. The molecule has 3 rings (SSSR count). The molecule has 1 aliphatic heterocycles. The Morgan fingerprint density at radius 1 is 1.16 bits per heavy atom. The van der Waals surface area contributed by atoms with E-state index in [0.717, 1.165) is 34.5 Å². The van der Waals surface area contributed by atoms with E-state index in [1.807, 2.05) is 56.3 Å². The van der Waals surface area contributed by atoms with Crippen molar-refractivity contribution in [3.63, 3.8) is 0 Å². The minimum atomic E-state index is -0.574. The standard InChI is InChI=1S/C25H30N2O4/c1-5-18-10-6-7-12-21(18)27-14-19(13-23(27)29)25(30)31-15-22(28)26-24-17(4)9-8-11-20(24)16(2)3/h6-12,16,19H,5,13-15H2,1-4H3,(H,26,28)/t19-/m1/s1. The predicted octanol–water partition coefficient (Wildman–Crippen LogP) is 4.22. The molecule has 31 heavy (non-hydrogen) atoms. The topological polar surface area (TPSA) is 75.7 Å². The monoisotopic (exact) mass is 422 g/mol. The summed E-state index contributed by atoms with van der Waals surface area (Å²) in [6, 6.07) is 13.6. The molecule has 1 heterocycles. The molecule has 0 unspecified atom stereocenters. The average molecular weight is 423 g/mol. The van der Waals surface area contributed by atoms with Crippen LogP contribution < -0.4 is 10.2 Å². The molecule has 1 atom stereocenters. The molecule has 0 spiro atoms. The lowest BCUT2D eigenvalue weighted by Crippen LogP contribution is -2.29. The zero-order valence-electron chi connectivity index (χ0n) is 18.6. The van der Waals surface area contributed by atoms with Gasteiger partial charge in [-0.3, -0.25) is 14.4 Å². The van der Waals surface area contributed by atoms with Crippen molar-refractivity contribution in [2.45, 2.75) is 46.5 Å². The number of esters is 1. The van der Waals surface area contributed by atoms with E-state index in [9.17, 15) is 14.4 Å². The molecule has 6 nitrogen and oxygen atoms in total. The van der Waals surface area contributed by atoms with Gasteiger partial charge in [0.05, 0.1) is 5.92 Å². The zero-order chi connectivity index (χ0) is 22.5. The Bertz CT molecular complexity index is 983. The summed E-state index contributed by atoms with van der Waals surface area (Å²) < 4.78 is 5.26. The third kappa shape index (κ3) is 5.13. The summed E-state index contributed by atoms with van der Waals surface area (Å²) in [5, 5.41) is 2.87. The molecule has 0 radical (unpaired) electrons. The highest BCUT2D eigenvalue weighted by atomic mass is 16.5. The molecular formula is C25H30N2O4. The van der Waals surface area contributed by atoms with Crippen molar-refractivity contribution in [1.82, 2.24) is 0 Å². The number of anilines is 2. The maximum Gasteiger partial charge on any atom is 0.311 e. The predicted molar refractivity (Wildman–Crippen MR) is 121 cm³/mol. The summed E-state index contributed by atoms with van der Waals surface area (Å²) in [6.45, 7) is 7.98. The van der Waals surface area contributed by atoms with Crippen LogP contribution in [0.15, 0.2) is 42.5 Å². The SMILES string of the molecule is CCc1ccccc1N1C[C@H](C(=O)OCC(=O)Nc2c(C)cccc2C(C)C)CC1=O. The lowest BCUT2D eigenvalue weighted by Gasteiger charge is -2.20. The summed E-state index contributed by atoms with van der Waals surface area (Å²) >= 11 is 0. The van der Waals surface area contributed by atoms with Crippen molar-refractivity contribution in [2.24, 2.45) is 5.92 Å². The Morgan fingerprint density at radius 2 is 1.90 bits per heavy atom. The van der Waals surface area contributed by atoms with Gasteiger partial charge in [-0.05, 0) is 42.0 Å². The zero-order valence-corrected chi connectivity index (χ0v) is 18.6. The van der Waals surface area contributed by atoms with Gasteiger partial charge in [-0.1, -0.05) is 57.2 Å². The molecule has 0 aromatic heterocycles. The van der Waals surface area contributed by atoms with Crippen LogP contribution in [0.1, 0.15) is 49.8 Å². The molecule has 1 saturated heterocycles. The van der Waals surface area contributed by atoms with Crippen LogP contribution in [-0.4, -0.2) is 30.9 Å². The van der Waals surface area contributed by atoms with Gasteiger partial charge in [0.2, 0.25) is 5.91 Å². The third-order valence-corrected chi connectivity index (χ3v) is 5.66. The summed E-state index contributed by atoms with van der Waals surface area (Å²) in [7, 11) is 0. The quantitative estimate of drug-likeness (QED) is 0.678. The summed E-state index contributed by atoms with van der Waals surface area (Å²) in [5.41, 5.74) is 4.65. The van der Waals surface area contributed by atoms with Crippen LogP contribution >= 0.6 is 0 Å². The Hall–Kier alpha value is -3.15. The number of nitrogens with one attached hydrogen (secondary N) is 1. The van der Waals surface area contributed by atoms with Gasteiger partial charge in [-0.25, -0.2) is 0 Å². The minimum Gasteiger partial charge on any atom is -0.455 e. The second kappa shape index (κ2) is 9.77. The van der Waals surface area contributed by atoms with E-state index in [2.05, 4.69) is 19.2 Å². The summed E-state index contributed by atoms with van der Waals surface area (Å²) in [5.74, 6) is -1.33. The fraction of sp³-hybridized carbons (Fsp3) is 0.400.